The number of hydrogen-bond donors (Lipinski definition) is 1. The van der Waals surface area contributed by atoms with Crippen LogP contribution < -0.4 is 19.7 Å². The van der Waals surface area contributed by atoms with Gasteiger partial charge >= 0.3 is 0 Å². The molecule has 0 amide bonds. The lowest BCUT2D eigenvalue weighted by molar-refractivity contribution is 0.477. The number of para-hydroxylation sites is 10. The zero-order valence-corrected chi connectivity index (χ0v) is 40.0. The number of ether oxygens (including phenoxy) is 2. The summed E-state index contributed by atoms with van der Waals surface area (Å²) in [5, 5.41) is 7.54. The molecule has 0 aliphatic carbocycles. The summed E-state index contributed by atoms with van der Waals surface area (Å²) in [6.07, 6.45) is 0. The van der Waals surface area contributed by atoms with Gasteiger partial charge in [-0.2, -0.15) is 0 Å². The number of benzene rings is 10. The van der Waals surface area contributed by atoms with Gasteiger partial charge in [-0.25, -0.2) is 9.97 Å². The molecule has 0 saturated carbocycles. The first kappa shape index (κ1) is 42.3. The van der Waals surface area contributed by atoms with E-state index in [-0.39, 0.29) is 0 Å². The molecule has 0 atom stereocenters. The number of furan rings is 2. The van der Waals surface area contributed by atoms with Crippen molar-refractivity contribution >= 4 is 110 Å². The summed E-state index contributed by atoms with van der Waals surface area (Å²) < 4.78 is 37.0. The van der Waals surface area contributed by atoms with Crippen molar-refractivity contribution in [2.45, 2.75) is 0 Å². The van der Waals surface area contributed by atoms with Crippen LogP contribution in [0.4, 0.5) is 28.4 Å². The summed E-state index contributed by atoms with van der Waals surface area (Å²) in [4.78, 5) is 11.6. The van der Waals surface area contributed by atoms with E-state index < -0.39 is 0 Å². The molecule has 6 heterocycles. The Labute approximate surface area is 424 Å². The van der Waals surface area contributed by atoms with Crippen molar-refractivity contribution < 1.29 is 27.1 Å². The largest absolute Gasteiger partial charge is 0.456 e. The van der Waals surface area contributed by atoms with Crippen LogP contribution in [-0.2, 0) is 0 Å². The van der Waals surface area contributed by atoms with E-state index in [4.69, 9.17) is 32.1 Å². The van der Waals surface area contributed by atoms with E-state index in [0.29, 0.717) is 11.8 Å². The maximum Gasteiger partial charge on any atom is 0.227 e. The summed E-state index contributed by atoms with van der Waals surface area (Å²) in [6, 6.07) is 72.1. The highest BCUT2D eigenvalue weighted by atomic mass is 79.9. The quantitative estimate of drug-likeness (QED) is 0.184. The second-order valence-corrected chi connectivity index (χ2v) is 18.4. The number of halogens is 1. The second-order valence-electron chi connectivity index (χ2n) is 17.5. The molecular weight excluding hydrogens is 977 g/mol. The van der Waals surface area contributed by atoms with Crippen LogP contribution >= 0.6 is 15.9 Å². The van der Waals surface area contributed by atoms with Crippen molar-refractivity contribution in [3.05, 3.63) is 223 Å². The fourth-order valence-electron chi connectivity index (χ4n) is 9.50. The van der Waals surface area contributed by atoms with Crippen LogP contribution in [-0.4, -0.2) is 9.97 Å². The smallest absolute Gasteiger partial charge is 0.227 e. The van der Waals surface area contributed by atoms with E-state index >= 15 is 0 Å². The van der Waals surface area contributed by atoms with Crippen LogP contribution in [0.3, 0.4) is 0 Å². The third-order valence-corrected chi connectivity index (χ3v) is 13.4. The Morgan fingerprint density at radius 3 is 1.38 bits per heavy atom. The number of oxazole rings is 2. The minimum atomic E-state index is 0.568. The van der Waals surface area contributed by atoms with Gasteiger partial charge in [0, 0.05) is 55.0 Å². The average Bonchev–Trinajstić information content (AvgIpc) is 4.23. The zero-order valence-electron chi connectivity index (χ0n) is 38.5. The molecular formula is C62H37BrN4O6. The lowest BCUT2D eigenvalue weighted by Gasteiger charge is -2.32. The fourth-order valence-corrected chi connectivity index (χ4v) is 9.90. The maximum absolute atomic E-state index is 6.27. The molecule has 0 spiro atoms. The van der Waals surface area contributed by atoms with Crippen LogP contribution in [0.1, 0.15) is 0 Å². The third kappa shape index (κ3) is 7.66. The van der Waals surface area contributed by atoms with Crippen molar-refractivity contribution in [2.24, 2.45) is 0 Å². The molecule has 73 heavy (non-hydrogen) atoms. The van der Waals surface area contributed by atoms with Gasteiger partial charge in [-0.05, 0) is 109 Å². The number of fused-ring (bicyclic) bond motifs is 12. The van der Waals surface area contributed by atoms with Crippen LogP contribution in [0.2, 0.25) is 0 Å². The van der Waals surface area contributed by atoms with Crippen molar-refractivity contribution in [1.82, 2.24) is 9.97 Å². The highest BCUT2D eigenvalue weighted by molar-refractivity contribution is 9.10. The van der Waals surface area contributed by atoms with Crippen LogP contribution in [0.25, 0.3) is 89.0 Å². The van der Waals surface area contributed by atoms with E-state index in [1.54, 1.807) is 0 Å². The van der Waals surface area contributed by atoms with Crippen molar-refractivity contribution in [3.8, 4) is 45.9 Å². The molecule has 0 bridgehead atoms. The zero-order chi connectivity index (χ0) is 48.4. The molecule has 10 nitrogen and oxygen atoms in total. The standard InChI is InChI=1S/C31H18N2O3.C19H10BrNO2.C12H9NO/c1-4-13-26-21(10-1)22-17-30-23(18-29(22)34-26)32-31(36-30)19-8-7-9-20(16-19)33-24-11-2-5-14-27(24)35-28-15-6-3-12-25(28)33;20-12-5-3-4-11(8-12)19-21-15-10-17-14(9-18(15)23-19)13-6-1-2-7-16(13)22-17;1-3-7-11-9(5-1)13-10-6-2-4-8-12(10)14-11/h1-18H;1-10H;1-8,13H. The minimum absolute atomic E-state index is 0.568. The minimum Gasteiger partial charge on any atom is -0.456 e. The lowest BCUT2D eigenvalue weighted by atomic mass is 10.1. The van der Waals surface area contributed by atoms with E-state index in [2.05, 4.69) is 67.5 Å². The van der Waals surface area contributed by atoms with E-state index in [1.807, 2.05) is 182 Å². The Hall–Kier alpha value is -9.58. The topological polar surface area (TPSA) is 112 Å². The first-order chi connectivity index (χ1) is 36.0. The molecule has 10 aromatic carbocycles. The van der Waals surface area contributed by atoms with Gasteiger partial charge in [0.15, 0.2) is 34.2 Å². The highest BCUT2D eigenvalue weighted by Gasteiger charge is 2.26. The first-order valence-corrected chi connectivity index (χ1v) is 24.4. The molecule has 1 N–H and O–H groups in total. The van der Waals surface area contributed by atoms with Gasteiger partial charge in [0.05, 0.1) is 22.7 Å². The predicted octanol–water partition coefficient (Wildman–Crippen LogP) is 18.7. The normalized spacial score (nSPS) is 12.2. The lowest BCUT2D eigenvalue weighted by Crippen LogP contribution is -2.15. The van der Waals surface area contributed by atoms with Crippen molar-refractivity contribution in [1.29, 1.82) is 0 Å². The number of anilines is 5. The van der Waals surface area contributed by atoms with Gasteiger partial charge in [0.1, 0.15) is 33.4 Å². The second kappa shape index (κ2) is 17.4. The first-order valence-electron chi connectivity index (χ1n) is 23.6. The Morgan fingerprint density at radius 1 is 0.356 bits per heavy atom. The molecule has 16 rings (SSSR count). The molecule has 4 aromatic heterocycles. The van der Waals surface area contributed by atoms with Gasteiger partial charge in [-0.3, -0.25) is 0 Å². The van der Waals surface area contributed by atoms with Gasteiger partial charge in [0.25, 0.3) is 0 Å². The number of aromatic nitrogens is 2. The highest BCUT2D eigenvalue weighted by Crippen LogP contribution is 2.51. The molecule has 2 aliphatic rings. The molecule has 2 aliphatic heterocycles. The van der Waals surface area contributed by atoms with E-state index in [1.165, 1.54) is 0 Å². The van der Waals surface area contributed by atoms with Crippen molar-refractivity contribution in [3.63, 3.8) is 0 Å². The van der Waals surface area contributed by atoms with Gasteiger partial charge in [0.2, 0.25) is 11.8 Å². The summed E-state index contributed by atoms with van der Waals surface area (Å²) in [5.41, 5.74) is 13.3. The predicted molar refractivity (Wildman–Crippen MR) is 292 cm³/mol. The molecule has 0 unspecified atom stereocenters. The summed E-state index contributed by atoms with van der Waals surface area (Å²) in [5.74, 6) is 4.57. The van der Waals surface area contributed by atoms with Gasteiger partial charge < -0.3 is 37.4 Å². The number of hydrogen-bond acceptors (Lipinski definition) is 10. The van der Waals surface area contributed by atoms with Crippen LogP contribution in [0, 0.1) is 0 Å². The van der Waals surface area contributed by atoms with E-state index in [0.717, 1.165) is 133 Å². The Balaban J connectivity index is 0.000000113. The summed E-state index contributed by atoms with van der Waals surface area (Å²) in [7, 11) is 0. The molecule has 348 valence electrons. The average molecular weight is 1010 g/mol. The third-order valence-electron chi connectivity index (χ3n) is 12.9. The van der Waals surface area contributed by atoms with Crippen LogP contribution in [0.15, 0.2) is 241 Å². The van der Waals surface area contributed by atoms with Crippen molar-refractivity contribution in [2.75, 3.05) is 10.2 Å². The summed E-state index contributed by atoms with van der Waals surface area (Å²) in [6.45, 7) is 0. The Kier molecular flexibility index (Phi) is 10.1. The van der Waals surface area contributed by atoms with E-state index in [9.17, 15) is 0 Å². The Bertz CT molecular complexity index is 4300. The number of nitrogens with one attached hydrogen (secondary N) is 1. The molecule has 0 radical (unpaired) electrons. The molecule has 11 heteroatoms. The summed E-state index contributed by atoms with van der Waals surface area (Å²) >= 11 is 3.48. The number of nitrogens with zero attached hydrogens (tertiary/aromatic N) is 3. The maximum atomic E-state index is 6.27. The molecule has 0 saturated heterocycles. The van der Waals surface area contributed by atoms with Gasteiger partial charge in [-0.15, -0.1) is 0 Å². The molecule has 0 fully saturated rings. The van der Waals surface area contributed by atoms with Gasteiger partial charge in [-0.1, -0.05) is 113 Å². The monoisotopic (exact) mass is 1010 g/mol. The van der Waals surface area contributed by atoms with Crippen LogP contribution in [0.5, 0.6) is 23.0 Å². The SMILES string of the molecule is Brc1cccc(-c2nc3cc4oc5ccccc5c4cc3o2)c1.c1cc(-c2nc3cc4oc5ccccc5c4cc3o2)cc(N2c3ccccc3Oc3ccccc32)c1.c1ccc2c(c1)Nc1ccccc1O2. The molecule has 14 aromatic rings. The fraction of sp³-hybridized carbons (Fsp3) is 0. The number of rotatable bonds is 3. The Morgan fingerprint density at radius 2 is 0.822 bits per heavy atom.